The summed E-state index contributed by atoms with van der Waals surface area (Å²) in [6.45, 7) is 8.27. The van der Waals surface area contributed by atoms with Gasteiger partial charge >= 0.3 is 0 Å². The average Bonchev–Trinajstić information content (AvgIpc) is 3.27. The van der Waals surface area contributed by atoms with E-state index >= 15 is 0 Å². The second-order valence-corrected chi connectivity index (χ2v) is 8.19. The molecule has 0 aliphatic rings. The summed E-state index contributed by atoms with van der Waals surface area (Å²) in [7, 11) is 1.91. The summed E-state index contributed by atoms with van der Waals surface area (Å²) in [6.07, 6.45) is -2.67. The number of nitrogens with two attached hydrogens (primary N) is 1. The maximum absolute atomic E-state index is 11.0. The van der Waals surface area contributed by atoms with E-state index in [1.54, 1.807) is 6.07 Å². The van der Waals surface area contributed by atoms with Gasteiger partial charge in [-0.25, -0.2) is 9.97 Å². The summed E-state index contributed by atoms with van der Waals surface area (Å²) in [6, 6.07) is 5.49. The Morgan fingerprint density at radius 1 is 1.15 bits per heavy atom. The minimum absolute atomic E-state index is 0.0979. The van der Waals surface area contributed by atoms with Crippen LogP contribution in [0.1, 0.15) is 30.2 Å². The van der Waals surface area contributed by atoms with Gasteiger partial charge < -0.3 is 30.1 Å². The number of aryl methyl sites for hydroxylation is 3. The normalized spacial score (nSPS) is 12.9. The number of aromatic nitrogens is 4. The molecule has 0 spiro atoms. The predicted octanol–water partition coefficient (Wildman–Crippen LogP) is 1.55. The number of aliphatic hydroxyl groups excluding tert-OH is 2. The van der Waals surface area contributed by atoms with Crippen LogP contribution in [0.15, 0.2) is 22.7 Å². The molecule has 1 aromatic carbocycles. The van der Waals surface area contributed by atoms with Crippen molar-refractivity contribution < 1.29 is 24.3 Å². The Kier molecular flexibility index (Phi) is 7.79. The molecule has 0 aliphatic heterocycles. The molecule has 3 aromatic rings. The molecular weight excluding hydrogens is 440 g/mol. The van der Waals surface area contributed by atoms with Crippen LogP contribution in [0, 0.1) is 20.8 Å². The maximum Gasteiger partial charge on any atom is 0.277 e. The van der Waals surface area contributed by atoms with Crippen LogP contribution >= 0.6 is 0 Å². The molecule has 182 valence electrons. The fourth-order valence-electron chi connectivity index (χ4n) is 3.35. The summed E-state index contributed by atoms with van der Waals surface area (Å²) in [5.74, 6) is 0.966. The lowest BCUT2D eigenvalue weighted by Gasteiger charge is -2.17. The minimum Gasteiger partial charge on any atom is -0.490 e. The molecule has 34 heavy (non-hydrogen) atoms. The highest BCUT2D eigenvalue weighted by atomic mass is 16.5. The number of aliphatic hydroxyl groups is 2. The van der Waals surface area contributed by atoms with Crippen LogP contribution in [-0.4, -0.2) is 68.6 Å². The number of benzene rings is 1. The van der Waals surface area contributed by atoms with Crippen molar-refractivity contribution in [1.29, 1.82) is 0 Å². The first-order valence-electron chi connectivity index (χ1n) is 10.9. The fourth-order valence-corrected chi connectivity index (χ4v) is 3.35. The molecule has 0 aliphatic carbocycles. The second kappa shape index (κ2) is 10.6. The van der Waals surface area contributed by atoms with E-state index < -0.39 is 18.1 Å². The van der Waals surface area contributed by atoms with E-state index in [-0.39, 0.29) is 18.9 Å². The van der Waals surface area contributed by atoms with E-state index in [1.165, 1.54) is 0 Å². The number of carbonyl (C=O) groups excluding carboxylic acids is 1. The van der Waals surface area contributed by atoms with Crippen molar-refractivity contribution in [2.24, 2.45) is 5.73 Å². The second-order valence-electron chi connectivity index (χ2n) is 8.19. The van der Waals surface area contributed by atoms with Crippen molar-refractivity contribution in [3.8, 4) is 28.7 Å². The molecule has 1 unspecified atom stereocenters. The highest BCUT2D eigenvalue weighted by molar-refractivity contribution is 5.78. The number of hydrogen-bond acceptors (Lipinski definition) is 10. The smallest absolute Gasteiger partial charge is 0.277 e. The van der Waals surface area contributed by atoms with Crippen molar-refractivity contribution in [3.63, 3.8) is 0 Å². The molecule has 4 N–H and O–H groups in total. The van der Waals surface area contributed by atoms with E-state index in [2.05, 4.69) is 20.1 Å². The van der Waals surface area contributed by atoms with Gasteiger partial charge in [0.25, 0.3) is 5.89 Å². The Hall–Kier alpha value is -3.57. The van der Waals surface area contributed by atoms with Crippen LogP contribution in [-0.2, 0) is 4.79 Å². The summed E-state index contributed by atoms with van der Waals surface area (Å²) >= 11 is 0. The van der Waals surface area contributed by atoms with Gasteiger partial charge in [0.2, 0.25) is 17.7 Å². The third-order valence-corrected chi connectivity index (χ3v) is 5.27. The number of hydrogen-bond donors (Lipinski definition) is 3. The van der Waals surface area contributed by atoms with Crippen LogP contribution < -0.4 is 15.4 Å². The van der Waals surface area contributed by atoms with Crippen LogP contribution in [0.2, 0.25) is 0 Å². The number of anilines is 1. The highest BCUT2D eigenvalue weighted by Crippen LogP contribution is 2.30. The monoisotopic (exact) mass is 470 g/mol. The molecule has 0 bridgehead atoms. The zero-order valence-corrected chi connectivity index (χ0v) is 19.9. The van der Waals surface area contributed by atoms with Gasteiger partial charge in [0.15, 0.2) is 0 Å². The third-order valence-electron chi connectivity index (χ3n) is 5.27. The van der Waals surface area contributed by atoms with Crippen LogP contribution in [0.25, 0.3) is 23.0 Å². The first-order chi connectivity index (χ1) is 16.1. The SMILES string of the molecule is CCN(C)c1nc(C)cc(-c2nc(-c3cc(C)c(OC[C@H](O)CC(O)C(N)=O)c(C)c3)no2)n1. The molecule has 2 atom stereocenters. The quantitative estimate of drug-likeness (QED) is 0.396. The standard InChI is InChI=1S/C23H30N6O5/c1-6-29(5)23-25-14(4)9-17(26-23)22-27-21(28-34-22)15-7-12(2)19(13(3)8-15)33-11-16(30)10-18(31)20(24)32/h7-9,16,18,30-31H,6,10-11H2,1-5H3,(H2,24,32)/t16-,18?/m1/s1. The molecule has 1 amide bonds. The van der Waals surface area contributed by atoms with Crippen molar-refractivity contribution in [2.75, 3.05) is 25.1 Å². The zero-order chi connectivity index (χ0) is 25.0. The molecule has 0 radical (unpaired) electrons. The molecule has 3 rings (SSSR count). The van der Waals surface area contributed by atoms with E-state index in [0.717, 1.165) is 28.9 Å². The highest BCUT2D eigenvalue weighted by Gasteiger charge is 2.19. The maximum atomic E-state index is 11.0. The predicted molar refractivity (Wildman–Crippen MR) is 125 cm³/mol. The molecule has 2 aromatic heterocycles. The van der Waals surface area contributed by atoms with E-state index in [4.69, 9.17) is 15.0 Å². The first kappa shape index (κ1) is 25.1. The molecule has 0 saturated heterocycles. The molecule has 2 heterocycles. The lowest BCUT2D eigenvalue weighted by molar-refractivity contribution is -0.127. The van der Waals surface area contributed by atoms with Gasteiger partial charge in [0, 0.05) is 31.3 Å². The van der Waals surface area contributed by atoms with Crippen LogP contribution in [0.5, 0.6) is 5.75 Å². The van der Waals surface area contributed by atoms with E-state index in [9.17, 15) is 15.0 Å². The lowest BCUT2D eigenvalue weighted by atomic mass is 10.1. The summed E-state index contributed by atoms with van der Waals surface area (Å²) in [5, 5.41) is 23.6. The van der Waals surface area contributed by atoms with Gasteiger partial charge in [-0.3, -0.25) is 4.79 Å². The number of primary amides is 1. The topological polar surface area (TPSA) is 161 Å². The fraction of sp³-hybridized carbons (Fsp3) is 0.435. The van der Waals surface area contributed by atoms with Crippen LogP contribution in [0.3, 0.4) is 0 Å². The Morgan fingerprint density at radius 3 is 2.44 bits per heavy atom. The number of nitrogens with zero attached hydrogens (tertiary/aromatic N) is 5. The Balaban J connectivity index is 1.79. The van der Waals surface area contributed by atoms with Crippen molar-refractivity contribution in [1.82, 2.24) is 20.1 Å². The molecular formula is C23H30N6O5. The van der Waals surface area contributed by atoms with E-state index in [0.29, 0.717) is 23.2 Å². The molecule has 11 heteroatoms. The number of carbonyl (C=O) groups is 1. The minimum atomic E-state index is -1.42. The third kappa shape index (κ3) is 5.86. The molecule has 0 fully saturated rings. The first-order valence-corrected chi connectivity index (χ1v) is 10.9. The summed E-state index contributed by atoms with van der Waals surface area (Å²) < 4.78 is 11.2. The summed E-state index contributed by atoms with van der Waals surface area (Å²) in [4.78, 5) is 26.4. The molecule has 0 saturated carbocycles. The summed E-state index contributed by atoms with van der Waals surface area (Å²) in [5.41, 5.74) is 8.68. The van der Waals surface area contributed by atoms with Gasteiger partial charge in [-0.1, -0.05) is 5.16 Å². The Bertz CT molecular complexity index is 1140. The van der Waals surface area contributed by atoms with Gasteiger partial charge in [-0.2, -0.15) is 4.98 Å². The number of ether oxygens (including phenoxy) is 1. The zero-order valence-electron chi connectivity index (χ0n) is 19.9. The Labute approximate surface area is 197 Å². The Morgan fingerprint density at radius 2 is 1.82 bits per heavy atom. The lowest BCUT2D eigenvalue weighted by Crippen LogP contribution is -2.33. The van der Waals surface area contributed by atoms with Crippen molar-refractivity contribution in [3.05, 3.63) is 35.0 Å². The van der Waals surface area contributed by atoms with Crippen molar-refractivity contribution >= 4 is 11.9 Å². The van der Waals surface area contributed by atoms with Gasteiger partial charge in [-0.15, -0.1) is 0 Å². The number of amides is 1. The number of rotatable bonds is 10. The van der Waals surface area contributed by atoms with Crippen molar-refractivity contribution in [2.45, 2.75) is 46.3 Å². The van der Waals surface area contributed by atoms with Gasteiger partial charge in [0.1, 0.15) is 24.2 Å². The molecule has 11 nitrogen and oxygen atoms in total. The van der Waals surface area contributed by atoms with Gasteiger partial charge in [0.05, 0.1) is 6.10 Å². The average molecular weight is 471 g/mol. The van der Waals surface area contributed by atoms with Gasteiger partial charge in [-0.05, 0) is 57.0 Å². The largest absolute Gasteiger partial charge is 0.490 e. The van der Waals surface area contributed by atoms with Crippen LogP contribution in [0.4, 0.5) is 5.95 Å². The van der Waals surface area contributed by atoms with E-state index in [1.807, 2.05) is 51.8 Å².